The Bertz CT molecular complexity index is 716. The molecule has 2 aromatic carbocycles. The van der Waals surface area contributed by atoms with Crippen molar-refractivity contribution in [3.05, 3.63) is 48.0 Å². The van der Waals surface area contributed by atoms with Gasteiger partial charge < -0.3 is 10.5 Å². The predicted octanol–water partition coefficient (Wildman–Crippen LogP) is 1.80. The average Bonchev–Trinajstić information content (AvgIpc) is 2.52. The highest BCUT2D eigenvalue weighted by molar-refractivity contribution is 7.89. The molecule has 2 aromatic rings. The lowest BCUT2D eigenvalue weighted by atomic mass is 10.0. The van der Waals surface area contributed by atoms with E-state index < -0.39 is 16.1 Å². The molecular weight excluding hydrogens is 300 g/mol. The SMILES string of the molecule is COCCCS(=O)(=O)NC(CN)c1ccc2ccccc2c1. The molecule has 0 saturated carbocycles. The zero-order valence-electron chi connectivity index (χ0n) is 12.7. The monoisotopic (exact) mass is 322 g/mol. The second-order valence-electron chi connectivity index (χ2n) is 5.18. The van der Waals surface area contributed by atoms with Crippen molar-refractivity contribution in [3.63, 3.8) is 0 Å². The van der Waals surface area contributed by atoms with Crippen molar-refractivity contribution in [2.75, 3.05) is 26.0 Å². The molecule has 0 fully saturated rings. The smallest absolute Gasteiger partial charge is 0.212 e. The van der Waals surface area contributed by atoms with Gasteiger partial charge in [0.25, 0.3) is 0 Å². The summed E-state index contributed by atoms with van der Waals surface area (Å²) in [5.74, 6) is 0.0327. The first kappa shape index (κ1) is 16.9. The van der Waals surface area contributed by atoms with Gasteiger partial charge in [-0.15, -0.1) is 0 Å². The maximum Gasteiger partial charge on any atom is 0.212 e. The van der Waals surface area contributed by atoms with Crippen LogP contribution in [0.25, 0.3) is 10.8 Å². The van der Waals surface area contributed by atoms with Crippen LogP contribution in [0, 0.1) is 0 Å². The second kappa shape index (κ2) is 7.69. The molecule has 2 rings (SSSR count). The van der Waals surface area contributed by atoms with E-state index in [0.29, 0.717) is 13.0 Å². The van der Waals surface area contributed by atoms with Gasteiger partial charge >= 0.3 is 0 Å². The fourth-order valence-electron chi connectivity index (χ4n) is 2.35. The van der Waals surface area contributed by atoms with E-state index >= 15 is 0 Å². The molecule has 0 radical (unpaired) electrons. The van der Waals surface area contributed by atoms with Crippen LogP contribution in [0.15, 0.2) is 42.5 Å². The molecule has 0 aliphatic heterocycles. The minimum absolute atomic E-state index is 0.0327. The first-order valence-corrected chi connectivity index (χ1v) is 8.88. The van der Waals surface area contributed by atoms with Gasteiger partial charge in [-0.05, 0) is 28.8 Å². The molecule has 0 amide bonds. The summed E-state index contributed by atoms with van der Waals surface area (Å²) in [5.41, 5.74) is 6.63. The zero-order valence-corrected chi connectivity index (χ0v) is 13.5. The molecule has 120 valence electrons. The predicted molar refractivity (Wildman–Crippen MR) is 89.2 cm³/mol. The van der Waals surface area contributed by atoms with Crippen LogP contribution >= 0.6 is 0 Å². The zero-order chi connectivity index (χ0) is 16.0. The summed E-state index contributed by atoms with van der Waals surface area (Å²) in [7, 11) is -1.82. The lowest BCUT2D eigenvalue weighted by Gasteiger charge is -2.18. The normalized spacial score (nSPS) is 13.4. The van der Waals surface area contributed by atoms with Gasteiger partial charge in [0, 0.05) is 20.3 Å². The summed E-state index contributed by atoms with van der Waals surface area (Å²) in [4.78, 5) is 0. The number of ether oxygens (including phenoxy) is 1. The molecule has 0 bridgehead atoms. The van der Waals surface area contributed by atoms with E-state index in [-0.39, 0.29) is 12.3 Å². The maximum atomic E-state index is 12.1. The number of hydrogen-bond donors (Lipinski definition) is 2. The van der Waals surface area contributed by atoms with Gasteiger partial charge in [-0.1, -0.05) is 36.4 Å². The third-order valence-electron chi connectivity index (χ3n) is 3.49. The Morgan fingerprint density at radius 1 is 1.18 bits per heavy atom. The van der Waals surface area contributed by atoms with Gasteiger partial charge in [0.15, 0.2) is 0 Å². The van der Waals surface area contributed by atoms with Crippen LogP contribution in [0.4, 0.5) is 0 Å². The first-order valence-electron chi connectivity index (χ1n) is 7.23. The summed E-state index contributed by atoms with van der Waals surface area (Å²) in [6.45, 7) is 0.631. The summed E-state index contributed by atoms with van der Waals surface area (Å²) >= 11 is 0. The molecule has 5 nitrogen and oxygen atoms in total. The molecule has 6 heteroatoms. The number of nitrogens with one attached hydrogen (secondary N) is 1. The summed E-state index contributed by atoms with van der Waals surface area (Å²) in [6.07, 6.45) is 0.459. The molecular formula is C16H22N2O3S. The van der Waals surface area contributed by atoms with E-state index in [1.165, 1.54) is 0 Å². The van der Waals surface area contributed by atoms with Gasteiger partial charge in [-0.2, -0.15) is 0 Å². The molecule has 22 heavy (non-hydrogen) atoms. The summed E-state index contributed by atoms with van der Waals surface area (Å²) in [6, 6.07) is 13.4. The fourth-order valence-corrected chi connectivity index (χ4v) is 3.63. The fraction of sp³-hybridized carbons (Fsp3) is 0.375. The maximum absolute atomic E-state index is 12.1. The Morgan fingerprint density at radius 3 is 2.59 bits per heavy atom. The molecule has 0 aliphatic carbocycles. The van der Waals surface area contributed by atoms with Gasteiger partial charge in [0.1, 0.15) is 0 Å². The second-order valence-corrected chi connectivity index (χ2v) is 7.05. The van der Waals surface area contributed by atoms with Gasteiger partial charge in [-0.25, -0.2) is 13.1 Å². The molecule has 1 unspecified atom stereocenters. The van der Waals surface area contributed by atoms with Crippen LogP contribution in [0.3, 0.4) is 0 Å². The van der Waals surface area contributed by atoms with Crippen molar-refractivity contribution in [1.29, 1.82) is 0 Å². The largest absolute Gasteiger partial charge is 0.385 e. The Balaban J connectivity index is 2.15. The minimum Gasteiger partial charge on any atom is -0.385 e. The lowest BCUT2D eigenvalue weighted by Crippen LogP contribution is -2.35. The number of sulfonamides is 1. The van der Waals surface area contributed by atoms with Crippen molar-refractivity contribution in [3.8, 4) is 0 Å². The number of methoxy groups -OCH3 is 1. The van der Waals surface area contributed by atoms with Crippen LogP contribution in [0.1, 0.15) is 18.0 Å². The first-order chi connectivity index (χ1) is 10.6. The summed E-state index contributed by atoms with van der Waals surface area (Å²) in [5, 5.41) is 2.18. The number of benzene rings is 2. The number of hydrogen-bond acceptors (Lipinski definition) is 4. The van der Waals surface area contributed by atoms with Gasteiger partial charge in [-0.3, -0.25) is 0 Å². The molecule has 0 saturated heterocycles. The Labute approximate surface area is 131 Å². The van der Waals surface area contributed by atoms with Crippen molar-refractivity contribution in [1.82, 2.24) is 4.72 Å². The van der Waals surface area contributed by atoms with Crippen molar-refractivity contribution < 1.29 is 13.2 Å². The topological polar surface area (TPSA) is 81.4 Å². The molecule has 0 spiro atoms. The Kier molecular flexibility index (Phi) is 5.90. The quantitative estimate of drug-likeness (QED) is 0.726. The highest BCUT2D eigenvalue weighted by Gasteiger charge is 2.18. The van der Waals surface area contributed by atoms with Crippen molar-refractivity contribution in [2.24, 2.45) is 5.73 Å². The standard InChI is InChI=1S/C16H22N2O3S/c1-21-9-4-10-22(19,20)18-16(12-17)15-8-7-13-5-2-3-6-14(13)11-15/h2-3,5-8,11,16,18H,4,9-10,12,17H2,1H3. The van der Waals surface area contributed by atoms with Gasteiger partial charge in [0.2, 0.25) is 10.0 Å². The third-order valence-corrected chi connectivity index (χ3v) is 4.96. The Morgan fingerprint density at radius 2 is 1.91 bits per heavy atom. The van der Waals surface area contributed by atoms with Crippen LogP contribution in [0.5, 0.6) is 0 Å². The highest BCUT2D eigenvalue weighted by Crippen LogP contribution is 2.20. The van der Waals surface area contributed by atoms with E-state index in [1.54, 1.807) is 7.11 Å². The average molecular weight is 322 g/mol. The van der Waals surface area contributed by atoms with Crippen LogP contribution < -0.4 is 10.5 Å². The lowest BCUT2D eigenvalue weighted by molar-refractivity contribution is 0.199. The van der Waals surface area contributed by atoms with Crippen LogP contribution in [0.2, 0.25) is 0 Å². The third kappa shape index (κ3) is 4.51. The number of fused-ring (bicyclic) bond motifs is 1. The van der Waals surface area contributed by atoms with E-state index in [9.17, 15) is 8.42 Å². The minimum atomic E-state index is -3.38. The van der Waals surface area contributed by atoms with Crippen LogP contribution in [-0.4, -0.2) is 34.4 Å². The van der Waals surface area contributed by atoms with Crippen LogP contribution in [-0.2, 0) is 14.8 Å². The highest BCUT2D eigenvalue weighted by atomic mass is 32.2. The molecule has 0 aromatic heterocycles. The van der Waals surface area contributed by atoms with E-state index in [4.69, 9.17) is 10.5 Å². The number of nitrogens with two attached hydrogens (primary N) is 1. The van der Waals surface area contributed by atoms with Gasteiger partial charge in [0.05, 0.1) is 11.8 Å². The van der Waals surface area contributed by atoms with E-state index in [0.717, 1.165) is 16.3 Å². The number of rotatable bonds is 8. The van der Waals surface area contributed by atoms with Crippen molar-refractivity contribution in [2.45, 2.75) is 12.5 Å². The molecule has 3 N–H and O–H groups in total. The van der Waals surface area contributed by atoms with Crippen molar-refractivity contribution >= 4 is 20.8 Å². The summed E-state index contributed by atoms with van der Waals surface area (Å²) < 4.78 is 31.7. The van der Waals surface area contributed by atoms with E-state index in [1.807, 2.05) is 42.5 Å². The Hall–Kier alpha value is -1.47. The molecule has 0 aliphatic rings. The molecule has 1 atom stereocenters. The molecule has 0 heterocycles. The van der Waals surface area contributed by atoms with E-state index in [2.05, 4.69) is 4.72 Å².